The number of aromatic nitrogens is 4. The predicted molar refractivity (Wildman–Crippen MR) is 128 cm³/mol. The Balaban J connectivity index is 0.000000183. The molecule has 2 aromatic carbocycles. The van der Waals surface area contributed by atoms with Gasteiger partial charge in [0.05, 0.1) is 17.7 Å². The molecule has 2 saturated heterocycles. The summed E-state index contributed by atoms with van der Waals surface area (Å²) in [6.07, 6.45) is 4.93. The van der Waals surface area contributed by atoms with Gasteiger partial charge in [-0.25, -0.2) is 9.97 Å². The van der Waals surface area contributed by atoms with Crippen LogP contribution in [-0.4, -0.2) is 56.8 Å². The van der Waals surface area contributed by atoms with Crippen molar-refractivity contribution in [2.45, 2.75) is 25.4 Å². The zero-order valence-corrected chi connectivity index (χ0v) is 18.7. The quantitative estimate of drug-likeness (QED) is 0.446. The summed E-state index contributed by atoms with van der Waals surface area (Å²) in [6.45, 7) is 2.53. The summed E-state index contributed by atoms with van der Waals surface area (Å²) in [7, 11) is 0. The average Bonchev–Trinajstić information content (AvgIpc) is 3.65. The molecule has 6 rings (SSSR count). The molecule has 0 radical (unpaired) electrons. The first kappa shape index (κ1) is 21.8. The molecule has 1 atom stereocenters. The fourth-order valence-electron chi connectivity index (χ4n) is 3.91. The predicted octanol–water partition coefficient (Wildman–Crippen LogP) is 3.79. The van der Waals surface area contributed by atoms with Gasteiger partial charge in [-0.3, -0.25) is 9.89 Å². The molecule has 0 saturated carbocycles. The lowest BCUT2D eigenvalue weighted by Crippen LogP contribution is -2.38. The number of aromatic amines is 1. The van der Waals surface area contributed by atoms with Crippen LogP contribution in [0.4, 0.5) is 5.82 Å². The summed E-state index contributed by atoms with van der Waals surface area (Å²) in [5.74, 6) is 2.17. The van der Waals surface area contributed by atoms with Crippen LogP contribution in [0.3, 0.4) is 0 Å². The van der Waals surface area contributed by atoms with Crippen LogP contribution in [-0.2, 0) is 9.53 Å². The topological polar surface area (TPSA) is 123 Å². The van der Waals surface area contributed by atoms with E-state index in [0.29, 0.717) is 18.1 Å². The summed E-state index contributed by atoms with van der Waals surface area (Å²) in [4.78, 5) is 21.4. The molecule has 0 bridgehead atoms. The number of carbonyl (C=O) groups excluding carboxylic acids is 1. The number of amides is 1. The van der Waals surface area contributed by atoms with Crippen LogP contribution in [0, 0.1) is 0 Å². The number of nitrogen functional groups attached to an aromatic ring is 1. The first-order valence-corrected chi connectivity index (χ1v) is 11.4. The Morgan fingerprint density at radius 1 is 1.00 bits per heavy atom. The monoisotopic (exact) mass is 458 g/mol. The average molecular weight is 459 g/mol. The van der Waals surface area contributed by atoms with Gasteiger partial charge in [-0.15, -0.1) is 0 Å². The van der Waals surface area contributed by atoms with Gasteiger partial charge in [-0.05, 0) is 55.7 Å². The van der Waals surface area contributed by atoms with E-state index in [-0.39, 0.29) is 12.0 Å². The van der Waals surface area contributed by atoms with Crippen molar-refractivity contribution in [3.8, 4) is 22.8 Å². The molecule has 9 nitrogen and oxygen atoms in total. The number of benzene rings is 2. The number of rotatable bonds is 4. The molecule has 174 valence electrons. The van der Waals surface area contributed by atoms with E-state index in [2.05, 4.69) is 20.2 Å². The number of ether oxygens (including phenoxy) is 2. The SMILES string of the molecule is Nc1ncnc2n[nH]c(-c3ccc(Oc4ccccc4)cc3)c12.O=C(C1CO1)N1CCCCC1. The Morgan fingerprint density at radius 2 is 1.71 bits per heavy atom. The van der Waals surface area contributed by atoms with Crippen LogP contribution in [0.5, 0.6) is 11.5 Å². The van der Waals surface area contributed by atoms with Gasteiger partial charge in [-0.1, -0.05) is 18.2 Å². The van der Waals surface area contributed by atoms with Gasteiger partial charge in [0.15, 0.2) is 11.8 Å². The van der Waals surface area contributed by atoms with Crippen molar-refractivity contribution in [1.82, 2.24) is 25.1 Å². The van der Waals surface area contributed by atoms with E-state index < -0.39 is 0 Å². The molecule has 2 aliphatic heterocycles. The number of piperidine rings is 1. The van der Waals surface area contributed by atoms with E-state index in [4.69, 9.17) is 15.2 Å². The third-order valence-corrected chi connectivity index (χ3v) is 5.78. The number of nitrogens with zero attached hydrogens (tertiary/aromatic N) is 4. The molecule has 0 spiro atoms. The summed E-state index contributed by atoms with van der Waals surface area (Å²) in [5, 5.41) is 7.85. The number of likely N-dealkylation sites (tertiary alicyclic amines) is 1. The maximum absolute atomic E-state index is 11.4. The number of para-hydroxylation sites is 1. The van der Waals surface area contributed by atoms with E-state index in [1.54, 1.807) is 0 Å². The maximum atomic E-state index is 11.4. The van der Waals surface area contributed by atoms with Crippen molar-refractivity contribution in [3.63, 3.8) is 0 Å². The van der Waals surface area contributed by atoms with Crippen molar-refractivity contribution in [2.75, 3.05) is 25.4 Å². The lowest BCUT2D eigenvalue weighted by atomic mass is 10.1. The Bertz CT molecular complexity index is 1250. The van der Waals surface area contributed by atoms with Gasteiger partial charge in [0.1, 0.15) is 23.6 Å². The van der Waals surface area contributed by atoms with Gasteiger partial charge < -0.3 is 20.1 Å². The summed E-state index contributed by atoms with van der Waals surface area (Å²) < 4.78 is 10.7. The van der Waals surface area contributed by atoms with E-state index in [1.807, 2.05) is 59.5 Å². The summed E-state index contributed by atoms with van der Waals surface area (Å²) in [6, 6.07) is 17.3. The molecule has 2 aliphatic rings. The molecule has 9 heteroatoms. The third-order valence-electron chi connectivity index (χ3n) is 5.78. The van der Waals surface area contributed by atoms with Crippen molar-refractivity contribution < 1.29 is 14.3 Å². The second-order valence-corrected chi connectivity index (χ2v) is 8.20. The standard InChI is InChI=1S/C17H13N5O.C8H13NO2/c18-16-14-15(21-22-17(14)20-10-19-16)11-6-8-13(9-7-11)23-12-4-2-1-3-5-12;10-8(7-6-11-7)9-4-2-1-3-5-9/h1-10H,(H3,18,19,20,21,22);7H,1-6H2. The zero-order chi connectivity index (χ0) is 23.3. The number of nitrogens with two attached hydrogens (primary N) is 1. The van der Waals surface area contributed by atoms with Gasteiger partial charge >= 0.3 is 0 Å². The highest BCUT2D eigenvalue weighted by Crippen LogP contribution is 2.30. The largest absolute Gasteiger partial charge is 0.457 e. The number of nitrogens with one attached hydrogen (secondary N) is 1. The van der Waals surface area contributed by atoms with Crippen molar-refractivity contribution in [2.24, 2.45) is 0 Å². The molecule has 4 heterocycles. The van der Waals surface area contributed by atoms with Gasteiger partial charge in [-0.2, -0.15) is 5.10 Å². The lowest BCUT2D eigenvalue weighted by molar-refractivity contribution is -0.133. The van der Waals surface area contributed by atoms with Gasteiger partial charge in [0, 0.05) is 18.7 Å². The highest BCUT2D eigenvalue weighted by molar-refractivity contribution is 5.97. The molecular weight excluding hydrogens is 432 g/mol. The van der Waals surface area contributed by atoms with E-state index in [1.165, 1.54) is 25.6 Å². The highest BCUT2D eigenvalue weighted by atomic mass is 16.6. The molecule has 2 fully saturated rings. The number of hydrogen-bond donors (Lipinski definition) is 2. The summed E-state index contributed by atoms with van der Waals surface area (Å²) in [5.41, 5.74) is 8.22. The lowest BCUT2D eigenvalue weighted by Gasteiger charge is -2.25. The Kier molecular flexibility index (Phi) is 6.35. The van der Waals surface area contributed by atoms with Crippen LogP contribution in [0.1, 0.15) is 19.3 Å². The van der Waals surface area contributed by atoms with Crippen LogP contribution < -0.4 is 10.5 Å². The number of H-pyrrole nitrogens is 1. The van der Waals surface area contributed by atoms with Crippen LogP contribution in [0.25, 0.3) is 22.3 Å². The minimum Gasteiger partial charge on any atom is -0.457 e. The van der Waals surface area contributed by atoms with Crippen molar-refractivity contribution >= 4 is 22.8 Å². The smallest absolute Gasteiger partial charge is 0.254 e. The van der Waals surface area contributed by atoms with E-state index in [0.717, 1.165) is 41.2 Å². The second kappa shape index (κ2) is 9.88. The number of epoxide rings is 1. The molecule has 3 N–H and O–H groups in total. The first-order valence-electron chi connectivity index (χ1n) is 11.4. The van der Waals surface area contributed by atoms with Crippen molar-refractivity contribution in [3.05, 3.63) is 60.9 Å². The zero-order valence-electron chi connectivity index (χ0n) is 18.7. The van der Waals surface area contributed by atoms with Crippen LogP contribution >= 0.6 is 0 Å². The number of hydrogen-bond acceptors (Lipinski definition) is 7. The number of anilines is 1. The van der Waals surface area contributed by atoms with Crippen molar-refractivity contribution in [1.29, 1.82) is 0 Å². The van der Waals surface area contributed by atoms with Crippen LogP contribution in [0.15, 0.2) is 60.9 Å². The molecule has 4 aromatic rings. The van der Waals surface area contributed by atoms with E-state index in [9.17, 15) is 4.79 Å². The van der Waals surface area contributed by atoms with Crippen LogP contribution in [0.2, 0.25) is 0 Å². The second-order valence-electron chi connectivity index (χ2n) is 8.20. The number of fused-ring (bicyclic) bond motifs is 1. The molecule has 1 amide bonds. The highest BCUT2D eigenvalue weighted by Gasteiger charge is 2.35. The van der Waals surface area contributed by atoms with E-state index >= 15 is 0 Å². The minimum absolute atomic E-state index is 0.0758. The Labute approximate surface area is 196 Å². The summed E-state index contributed by atoms with van der Waals surface area (Å²) >= 11 is 0. The number of carbonyl (C=O) groups is 1. The Morgan fingerprint density at radius 3 is 2.41 bits per heavy atom. The fraction of sp³-hybridized carbons (Fsp3) is 0.280. The molecule has 0 aliphatic carbocycles. The molecule has 34 heavy (non-hydrogen) atoms. The molecule has 1 unspecified atom stereocenters. The normalized spacial score (nSPS) is 17.1. The Hall–Kier alpha value is -3.98. The molecule has 2 aromatic heterocycles. The van der Waals surface area contributed by atoms with Gasteiger partial charge in [0.25, 0.3) is 5.91 Å². The maximum Gasteiger partial charge on any atom is 0.254 e. The minimum atomic E-state index is -0.0758. The molecular formula is C25H26N6O3. The third kappa shape index (κ3) is 4.99. The first-order chi connectivity index (χ1) is 16.7. The fourth-order valence-corrected chi connectivity index (χ4v) is 3.91. The van der Waals surface area contributed by atoms with Gasteiger partial charge in [0.2, 0.25) is 0 Å².